The Kier molecular flexibility index (Phi) is 9.33. The van der Waals surface area contributed by atoms with Crippen molar-refractivity contribution in [3.63, 3.8) is 0 Å². The number of oxazole rings is 1. The summed E-state index contributed by atoms with van der Waals surface area (Å²) in [5.41, 5.74) is 2.15. The van der Waals surface area contributed by atoms with Crippen LogP contribution >= 0.6 is 11.8 Å². The number of benzene rings is 2. The van der Waals surface area contributed by atoms with Crippen molar-refractivity contribution in [2.24, 2.45) is 0 Å². The van der Waals surface area contributed by atoms with Gasteiger partial charge in [-0.1, -0.05) is 12.1 Å². The summed E-state index contributed by atoms with van der Waals surface area (Å²) in [6.45, 7) is 1.25. The Bertz CT molecular complexity index is 1270. The number of halogens is 2. The molecule has 0 unspecified atom stereocenters. The Labute approximate surface area is 214 Å². The van der Waals surface area contributed by atoms with Gasteiger partial charge in [0.05, 0.1) is 0 Å². The minimum absolute atomic E-state index is 0.255. The van der Waals surface area contributed by atoms with Gasteiger partial charge in [0.2, 0.25) is 5.89 Å². The van der Waals surface area contributed by atoms with Crippen LogP contribution in [0.15, 0.2) is 65.5 Å². The van der Waals surface area contributed by atoms with Gasteiger partial charge in [-0.05, 0) is 61.4 Å². The highest BCUT2D eigenvalue weighted by Crippen LogP contribution is 2.17. The van der Waals surface area contributed by atoms with Gasteiger partial charge in [0, 0.05) is 48.8 Å². The molecule has 0 aliphatic heterocycles. The van der Waals surface area contributed by atoms with Crippen molar-refractivity contribution in [1.82, 2.24) is 14.5 Å². The second-order valence-corrected chi connectivity index (χ2v) is 9.33. The summed E-state index contributed by atoms with van der Waals surface area (Å²) in [4.78, 5) is 8.78. The lowest BCUT2D eigenvalue weighted by Crippen LogP contribution is -2.05. The standard InChI is InChI=1S/C28H29F2N3O2S/c1-36-17-13-27-31-14-16-33(27)15-3-2-4-21-5-10-25(11-6-21)34-19-24-20-35-28(32-24)12-8-22-7-9-23(29)18-26(22)30/h5-12,14,16,18,20H,2-4,13,15,17,19H2,1H3/b12-8+. The van der Waals surface area contributed by atoms with E-state index in [4.69, 9.17) is 9.15 Å². The number of unbranched alkanes of at least 4 members (excludes halogenated alkanes) is 1. The number of hydrogen-bond donors (Lipinski definition) is 0. The fraction of sp³-hybridized carbons (Fsp3) is 0.286. The molecule has 0 fully saturated rings. The van der Waals surface area contributed by atoms with Crippen LogP contribution in [0.4, 0.5) is 8.78 Å². The molecular formula is C28H29F2N3O2S. The third kappa shape index (κ3) is 7.55. The first-order valence-electron chi connectivity index (χ1n) is 11.9. The second-order valence-electron chi connectivity index (χ2n) is 8.35. The van der Waals surface area contributed by atoms with Gasteiger partial charge in [-0.25, -0.2) is 18.7 Å². The van der Waals surface area contributed by atoms with E-state index < -0.39 is 11.6 Å². The maximum atomic E-state index is 13.7. The zero-order valence-corrected chi connectivity index (χ0v) is 21.0. The lowest BCUT2D eigenvalue weighted by atomic mass is 10.1. The van der Waals surface area contributed by atoms with Crippen molar-refractivity contribution in [2.75, 3.05) is 12.0 Å². The number of ether oxygens (including phenoxy) is 1. The van der Waals surface area contributed by atoms with Crippen LogP contribution in [0.25, 0.3) is 12.2 Å². The van der Waals surface area contributed by atoms with Crippen LogP contribution in [-0.4, -0.2) is 26.5 Å². The lowest BCUT2D eigenvalue weighted by molar-refractivity contribution is 0.301. The zero-order valence-electron chi connectivity index (χ0n) is 20.2. The van der Waals surface area contributed by atoms with Crippen molar-refractivity contribution in [3.8, 4) is 5.75 Å². The van der Waals surface area contributed by atoms with Crippen LogP contribution in [0, 0.1) is 11.6 Å². The molecule has 2 aromatic heterocycles. The van der Waals surface area contributed by atoms with Crippen molar-refractivity contribution in [2.45, 2.75) is 38.8 Å². The van der Waals surface area contributed by atoms with Crippen LogP contribution in [0.3, 0.4) is 0 Å². The van der Waals surface area contributed by atoms with E-state index in [-0.39, 0.29) is 12.2 Å². The van der Waals surface area contributed by atoms with Gasteiger partial charge >= 0.3 is 0 Å². The summed E-state index contributed by atoms with van der Waals surface area (Å²) in [6.07, 6.45) is 14.9. The molecule has 0 aliphatic rings. The van der Waals surface area contributed by atoms with Crippen LogP contribution in [0.5, 0.6) is 5.75 Å². The molecule has 0 N–H and O–H groups in total. The number of hydrogen-bond acceptors (Lipinski definition) is 5. The number of imidazole rings is 1. The molecule has 8 heteroatoms. The first-order chi connectivity index (χ1) is 17.6. The molecule has 0 amide bonds. The molecule has 4 aromatic rings. The average Bonchev–Trinajstić information content (AvgIpc) is 3.53. The van der Waals surface area contributed by atoms with E-state index >= 15 is 0 Å². The van der Waals surface area contributed by atoms with E-state index in [1.165, 1.54) is 41.9 Å². The van der Waals surface area contributed by atoms with Gasteiger partial charge < -0.3 is 13.7 Å². The smallest absolute Gasteiger partial charge is 0.218 e. The minimum atomic E-state index is -0.640. The summed E-state index contributed by atoms with van der Waals surface area (Å²) < 4.78 is 40.2. The van der Waals surface area contributed by atoms with Crippen molar-refractivity contribution in [3.05, 3.63) is 101 Å². The molecule has 4 rings (SSSR count). The molecule has 5 nitrogen and oxygen atoms in total. The topological polar surface area (TPSA) is 53.1 Å². The van der Waals surface area contributed by atoms with Gasteiger partial charge in [-0.3, -0.25) is 0 Å². The predicted molar refractivity (Wildman–Crippen MR) is 140 cm³/mol. The van der Waals surface area contributed by atoms with Crippen molar-refractivity contribution in [1.29, 1.82) is 0 Å². The highest BCUT2D eigenvalue weighted by molar-refractivity contribution is 7.98. The monoisotopic (exact) mass is 509 g/mol. The molecule has 188 valence electrons. The Morgan fingerprint density at radius 1 is 1.06 bits per heavy atom. The summed E-state index contributed by atoms with van der Waals surface area (Å²) in [5.74, 6) is 2.08. The molecule has 0 atom stereocenters. The number of aromatic nitrogens is 3. The number of nitrogens with zero attached hydrogens (tertiary/aromatic N) is 3. The van der Waals surface area contributed by atoms with E-state index in [9.17, 15) is 8.78 Å². The molecule has 0 saturated carbocycles. The molecule has 0 saturated heterocycles. The highest BCUT2D eigenvalue weighted by Gasteiger charge is 2.06. The van der Waals surface area contributed by atoms with Crippen LogP contribution < -0.4 is 4.74 Å². The van der Waals surface area contributed by atoms with E-state index in [1.54, 1.807) is 0 Å². The normalized spacial score (nSPS) is 11.4. The average molecular weight is 510 g/mol. The summed E-state index contributed by atoms with van der Waals surface area (Å²) in [6, 6.07) is 11.5. The van der Waals surface area contributed by atoms with Gasteiger partial charge in [-0.2, -0.15) is 11.8 Å². The third-order valence-electron chi connectivity index (χ3n) is 5.69. The fourth-order valence-corrected chi connectivity index (χ4v) is 4.14. The second kappa shape index (κ2) is 13.1. The van der Waals surface area contributed by atoms with Gasteiger partial charge in [0.1, 0.15) is 41.8 Å². The molecule has 0 bridgehead atoms. The first-order valence-corrected chi connectivity index (χ1v) is 13.3. The molecule has 36 heavy (non-hydrogen) atoms. The van der Waals surface area contributed by atoms with Gasteiger partial charge in [0.25, 0.3) is 0 Å². The van der Waals surface area contributed by atoms with Crippen LogP contribution in [-0.2, 0) is 26.0 Å². The van der Waals surface area contributed by atoms with E-state index in [0.717, 1.165) is 49.8 Å². The Morgan fingerprint density at radius 2 is 1.92 bits per heavy atom. The van der Waals surface area contributed by atoms with Crippen LogP contribution in [0.1, 0.15) is 41.4 Å². The highest BCUT2D eigenvalue weighted by atomic mass is 32.2. The molecular weight excluding hydrogens is 480 g/mol. The van der Waals surface area contributed by atoms with Gasteiger partial charge in [0.15, 0.2) is 0 Å². The number of aryl methyl sites for hydroxylation is 3. The lowest BCUT2D eigenvalue weighted by Gasteiger charge is -2.08. The Morgan fingerprint density at radius 3 is 2.72 bits per heavy atom. The third-order valence-corrected chi connectivity index (χ3v) is 6.31. The van der Waals surface area contributed by atoms with Crippen LogP contribution in [0.2, 0.25) is 0 Å². The van der Waals surface area contributed by atoms with Crippen molar-refractivity contribution < 1.29 is 17.9 Å². The number of thioether (sulfide) groups is 1. The quantitative estimate of drug-likeness (QED) is 0.185. The van der Waals surface area contributed by atoms with E-state index in [2.05, 4.69) is 39.1 Å². The molecule has 0 aliphatic carbocycles. The number of rotatable bonds is 13. The fourth-order valence-electron chi connectivity index (χ4n) is 3.75. The van der Waals surface area contributed by atoms with Gasteiger partial charge in [-0.15, -0.1) is 0 Å². The summed E-state index contributed by atoms with van der Waals surface area (Å²) in [5, 5.41) is 0. The Hall–Kier alpha value is -3.39. The zero-order chi connectivity index (χ0) is 25.2. The summed E-state index contributed by atoms with van der Waals surface area (Å²) >= 11 is 1.84. The van der Waals surface area contributed by atoms with Crippen molar-refractivity contribution >= 4 is 23.9 Å². The maximum Gasteiger partial charge on any atom is 0.218 e. The van der Waals surface area contributed by atoms with E-state index in [0.29, 0.717) is 11.6 Å². The molecule has 0 spiro atoms. The SMILES string of the molecule is CSCCc1nccn1CCCCc1ccc(OCc2coc(/C=C/c3ccc(F)cc3F)n2)cc1. The largest absolute Gasteiger partial charge is 0.487 e. The van der Waals surface area contributed by atoms with E-state index in [1.807, 2.05) is 30.1 Å². The molecule has 2 heterocycles. The molecule has 0 radical (unpaired) electrons. The minimum Gasteiger partial charge on any atom is -0.487 e. The maximum absolute atomic E-state index is 13.7. The molecule has 2 aromatic carbocycles. The predicted octanol–water partition coefficient (Wildman–Crippen LogP) is 6.83. The first kappa shape index (κ1) is 25.7. The summed E-state index contributed by atoms with van der Waals surface area (Å²) in [7, 11) is 0. The Balaban J connectivity index is 1.19.